The van der Waals surface area contributed by atoms with Crippen LogP contribution in [-0.2, 0) is 0 Å². The molecule has 2 rings (SSSR count). The molecule has 19 heavy (non-hydrogen) atoms. The third-order valence-electron chi connectivity index (χ3n) is 3.10. The molecule has 1 atom stereocenters. The average molecular weight is 266 g/mol. The number of pyridine rings is 1. The minimum Gasteiger partial charge on any atom is -0.465 e. The number of nitrogens with zero attached hydrogens (tertiary/aromatic N) is 3. The Morgan fingerprint density at radius 1 is 1.68 bits per heavy atom. The Hall–Kier alpha value is -2.38. The number of rotatable bonds is 4. The summed E-state index contributed by atoms with van der Waals surface area (Å²) in [5.41, 5.74) is 0.362. The molecule has 1 fully saturated rings. The predicted molar refractivity (Wildman–Crippen MR) is 67.1 cm³/mol. The smallest absolute Gasteiger partial charge is 0.407 e. The highest BCUT2D eigenvalue weighted by atomic mass is 16.6. The van der Waals surface area contributed by atoms with Gasteiger partial charge in [0.05, 0.1) is 0 Å². The number of nitrogens with one attached hydrogen (secondary N) is 1. The predicted octanol–water partition coefficient (Wildman–Crippen LogP) is 1.40. The summed E-state index contributed by atoms with van der Waals surface area (Å²) < 4.78 is 0. The Morgan fingerprint density at radius 3 is 3.11 bits per heavy atom. The van der Waals surface area contributed by atoms with E-state index < -0.39 is 11.0 Å². The minimum absolute atomic E-state index is 0.163. The zero-order valence-corrected chi connectivity index (χ0v) is 10.2. The van der Waals surface area contributed by atoms with Gasteiger partial charge >= 0.3 is 11.9 Å². The van der Waals surface area contributed by atoms with Crippen LogP contribution in [0.4, 0.5) is 16.3 Å². The van der Waals surface area contributed by atoms with E-state index in [2.05, 4.69) is 10.3 Å². The molecule has 1 aromatic rings. The highest BCUT2D eigenvalue weighted by molar-refractivity contribution is 5.65. The Kier molecular flexibility index (Phi) is 3.79. The molecule has 0 saturated carbocycles. The lowest BCUT2D eigenvalue weighted by Gasteiger charge is -2.13. The molecular weight excluding hydrogens is 252 g/mol. The summed E-state index contributed by atoms with van der Waals surface area (Å²) in [6.07, 6.45) is 1.20. The van der Waals surface area contributed by atoms with E-state index in [0.717, 1.165) is 6.42 Å². The van der Waals surface area contributed by atoms with Gasteiger partial charge in [0, 0.05) is 19.6 Å². The molecule has 8 heteroatoms. The lowest BCUT2D eigenvalue weighted by Crippen LogP contribution is -2.28. The van der Waals surface area contributed by atoms with Gasteiger partial charge in [-0.05, 0) is 34.4 Å². The van der Waals surface area contributed by atoms with E-state index in [1.54, 1.807) is 12.1 Å². The molecule has 8 nitrogen and oxygen atoms in total. The molecule has 0 aliphatic carbocycles. The molecule has 0 aromatic carbocycles. The van der Waals surface area contributed by atoms with Gasteiger partial charge in [-0.1, -0.05) is 0 Å². The Balaban J connectivity index is 1.93. The summed E-state index contributed by atoms with van der Waals surface area (Å²) in [5.74, 6) is -0.0495. The van der Waals surface area contributed by atoms with Crippen LogP contribution in [0.5, 0.6) is 0 Å². The Morgan fingerprint density at radius 2 is 2.47 bits per heavy atom. The monoisotopic (exact) mass is 266 g/mol. The molecule has 0 bridgehead atoms. The first kappa shape index (κ1) is 13.1. The quantitative estimate of drug-likeness (QED) is 0.629. The first-order valence-electron chi connectivity index (χ1n) is 5.89. The van der Waals surface area contributed by atoms with Crippen molar-refractivity contribution >= 4 is 17.6 Å². The third-order valence-corrected chi connectivity index (χ3v) is 3.10. The van der Waals surface area contributed by atoms with Gasteiger partial charge in [-0.25, -0.2) is 4.79 Å². The normalized spacial score (nSPS) is 18.3. The SMILES string of the molecule is O=C(O)N1CC[C@@H](CNc2cccnc2[N+](=O)[O-])C1. The van der Waals surface area contributed by atoms with Crippen LogP contribution in [0.1, 0.15) is 6.42 Å². The van der Waals surface area contributed by atoms with Crippen LogP contribution in [0.3, 0.4) is 0 Å². The van der Waals surface area contributed by atoms with Gasteiger partial charge in [0.25, 0.3) is 0 Å². The number of anilines is 1. The molecule has 1 aliphatic heterocycles. The first-order valence-corrected chi connectivity index (χ1v) is 5.89. The van der Waals surface area contributed by atoms with E-state index >= 15 is 0 Å². The zero-order chi connectivity index (χ0) is 13.8. The fourth-order valence-corrected chi connectivity index (χ4v) is 2.11. The van der Waals surface area contributed by atoms with Crippen molar-refractivity contribution in [1.82, 2.24) is 9.88 Å². The second kappa shape index (κ2) is 5.51. The summed E-state index contributed by atoms with van der Waals surface area (Å²) in [6, 6.07) is 3.21. The minimum atomic E-state index is -0.921. The summed E-state index contributed by atoms with van der Waals surface area (Å²) >= 11 is 0. The van der Waals surface area contributed by atoms with Gasteiger partial charge < -0.3 is 25.4 Å². The Labute approximate surface area is 109 Å². The second-order valence-electron chi connectivity index (χ2n) is 4.40. The van der Waals surface area contributed by atoms with Crippen molar-refractivity contribution in [3.63, 3.8) is 0 Å². The number of carbonyl (C=O) groups is 1. The molecule has 0 unspecified atom stereocenters. The average Bonchev–Trinajstić information content (AvgIpc) is 2.85. The number of amides is 1. The van der Waals surface area contributed by atoms with Crippen LogP contribution in [-0.4, -0.2) is 45.6 Å². The van der Waals surface area contributed by atoms with Crippen molar-refractivity contribution in [2.24, 2.45) is 5.92 Å². The van der Waals surface area contributed by atoms with Gasteiger partial charge in [0.15, 0.2) is 0 Å². The molecule has 0 spiro atoms. The van der Waals surface area contributed by atoms with Crippen LogP contribution in [0.2, 0.25) is 0 Å². The van der Waals surface area contributed by atoms with Crippen molar-refractivity contribution in [2.45, 2.75) is 6.42 Å². The number of carboxylic acid groups (broad SMARTS) is 1. The molecule has 102 valence electrons. The van der Waals surface area contributed by atoms with E-state index in [9.17, 15) is 14.9 Å². The zero-order valence-electron chi connectivity index (χ0n) is 10.2. The van der Waals surface area contributed by atoms with Gasteiger partial charge in [-0.15, -0.1) is 0 Å². The molecular formula is C11H14N4O4. The number of likely N-dealkylation sites (tertiary alicyclic amines) is 1. The molecule has 0 radical (unpaired) electrons. The standard InChI is InChI=1S/C11H14N4O4/c16-11(17)14-5-3-8(7-14)6-13-9-2-1-4-12-10(9)15(18)19/h1-2,4,8,13H,3,5-7H2,(H,16,17)/t8-/m0/s1. The fourth-order valence-electron chi connectivity index (χ4n) is 2.11. The van der Waals surface area contributed by atoms with Gasteiger partial charge in [0.1, 0.15) is 11.9 Å². The molecule has 1 amide bonds. The second-order valence-corrected chi connectivity index (χ2v) is 4.40. The van der Waals surface area contributed by atoms with Gasteiger partial charge in [0.2, 0.25) is 0 Å². The van der Waals surface area contributed by atoms with Crippen LogP contribution in [0.15, 0.2) is 18.3 Å². The number of nitro groups is 1. The molecule has 1 saturated heterocycles. The van der Waals surface area contributed by atoms with Crippen molar-refractivity contribution < 1.29 is 14.8 Å². The van der Waals surface area contributed by atoms with E-state index in [1.165, 1.54) is 11.1 Å². The van der Waals surface area contributed by atoms with Crippen molar-refractivity contribution in [3.8, 4) is 0 Å². The maximum absolute atomic E-state index is 10.8. The number of hydrogen-bond donors (Lipinski definition) is 2. The molecule has 1 aliphatic rings. The summed E-state index contributed by atoms with van der Waals surface area (Å²) in [7, 11) is 0. The Bertz CT molecular complexity index is 493. The lowest BCUT2D eigenvalue weighted by molar-refractivity contribution is -0.388. The summed E-state index contributed by atoms with van der Waals surface area (Å²) in [5, 5.41) is 22.6. The first-order chi connectivity index (χ1) is 9.08. The largest absolute Gasteiger partial charge is 0.465 e. The van der Waals surface area contributed by atoms with Crippen LogP contribution in [0, 0.1) is 16.0 Å². The van der Waals surface area contributed by atoms with Crippen LogP contribution >= 0.6 is 0 Å². The van der Waals surface area contributed by atoms with E-state index in [-0.39, 0.29) is 11.7 Å². The molecule has 1 aromatic heterocycles. The highest BCUT2D eigenvalue weighted by Crippen LogP contribution is 2.22. The van der Waals surface area contributed by atoms with Crippen molar-refractivity contribution in [3.05, 3.63) is 28.4 Å². The van der Waals surface area contributed by atoms with Crippen molar-refractivity contribution in [2.75, 3.05) is 25.0 Å². The van der Waals surface area contributed by atoms with Crippen LogP contribution in [0.25, 0.3) is 0 Å². The van der Waals surface area contributed by atoms with E-state index in [0.29, 0.717) is 25.3 Å². The summed E-state index contributed by atoms with van der Waals surface area (Å²) in [6.45, 7) is 1.46. The number of hydrogen-bond acceptors (Lipinski definition) is 5. The van der Waals surface area contributed by atoms with Crippen LogP contribution < -0.4 is 5.32 Å². The highest BCUT2D eigenvalue weighted by Gasteiger charge is 2.26. The van der Waals surface area contributed by atoms with Crippen molar-refractivity contribution in [1.29, 1.82) is 0 Å². The van der Waals surface area contributed by atoms with Gasteiger partial charge in [-0.3, -0.25) is 0 Å². The molecule has 2 heterocycles. The topological polar surface area (TPSA) is 109 Å². The fraction of sp³-hybridized carbons (Fsp3) is 0.455. The maximum atomic E-state index is 10.8. The van der Waals surface area contributed by atoms with E-state index in [1.807, 2.05) is 0 Å². The lowest BCUT2D eigenvalue weighted by atomic mass is 10.1. The van der Waals surface area contributed by atoms with E-state index in [4.69, 9.17) is 5.11 Å². The summed E-state index contributed by atoms with van der Waals surface area (Å²) in [4.78, 5) is 26.1. The van der Waals surface area contributed by atoms with Gasteiger partial charge in [-0.2, -0.15) is 0 Å². The number of aromatic nitrogens is 1. The third kappa shape index (κ3) is 3.09. The molecule has 2 N–H and O–H groups in total. The maximum Gasteiger partial charge on any atom is 0.407 e.